The minimum absolute atomic E-state index is 0.0689. The van der Waals surface area contributed by atoms with E-state index in [9.17, 15) is 4.79 Å². The Bertz CT molecular complexity index is 565. The molecule has 2 unspecified atom stereocenters. The molecule has 0 spiro atoms. The summed E-state index contributed by atoms with van der Waals surface area (Å²) < 4.78 is 5.66. The Morgan fingerprint density at radius 1 is 1.42 bits per heavy atom. The lowest BCUT2D eigenvalue weighted by Crippen LogP contribution is -2.48. The molecule has 6 nitrogen and oxygen atoms in total. The third kappa shape index (κ3) is 5.50. The first kappa shape index (κ1) is 19.3. The van der Waals surface area contributed by atoms with Crippen LogP contribution in [0, 0.1) is 0 Å². The number of amides is 1. The van der Waals surface area contributed by atoms with Gasteiger partial charge in [0.2, 0.25) is 5.91 Å². The van der Waals surface area contributed by atoms with Crippen LogP contribution in [0.5, 0.6) is 0 Å². The van der Waals surface area contributed by atoms with Crippen molar-refractivity contribution in [3.05, 3.63) is 11.2 Å². The maximum absolute atomic E-state index is 12.4. The van der Waals surface area contributed by atoms with Gasteiger partial charge in [-0.25, -0.2) is 9.97 Å². The molecule has 0 aliphatic carbocycles. The SMILES string of the molecule is CCCN(C)c1cc(Cl)nc(SCC(=O)N2CC(C)OC(C)C2)n1. The molecule has 1 aliphatic heterocycles. The molecule has 2 rings (SSSR count). The molecule has 1 saturated heterocycles. The molecule has 8 heteroatoms. The number of thioether (sulfide) groups is 1. The first-order chi connectivity index (χ1) is 11.4. The van der Waals surface area contributed by atoms with E-state index in [0.29, 0.717) is 29.2 Å². The van der Waals surface area contributed by atoms with E-state index in [4.69, 9.17) is 16.3 Å². The van der Waals surface area contributed by atoms with Crippen molar-refractivity contribution in [1.29, 1.82) is 0 Å². The fourth-order valence-corrected chi connectivity index (χ4v) is 3.68. The van der Waals surface area contributed by atoms with Gasteiger partial charge in [0.05, 0.1) is 18.0 Å². The maximum Gasteiger partial charge on any atom is 0.233 e. The van der Waals surface area contributed by atoms with Gasteiger partial charge >= 0.3 is 0 Å². The van der Waals surface area contributed by atoms with Crippen LogP contribution in [-0.2, 0) is 9.53 Å². The number of hydrogen-bond donors (Lipinski definition) is 0. The fourth-order valence-electron chi connectivity index (χ4n) is 2.69. The number of rotatable bonds is 6. The van der Waals surface area contributed by atoms with Crippen LogP contribution in [0.15, 0.2) is 11.2 Å². The molecule has 0 aromatic carbocycles. The molecule has 1 aromatic heterocycles. The van der Waals surface area contributed by atoms with Crippen LogP contribution in [0.1, 0.15) is 27.2 Å². The van der Waals surface area contributed by atoms with Crippen LogP contribution in [0.25, 0.3) is 0 Å². The van der Waals surface area contributed by atoms with Crippen LogP contribution in [0.2, 0.25) is 5.15 Å². The van der Waals surface area contributed by atoms with E-state index >= 15 is 0 Å². The number of carbonyl (C=O) groups excluding carboxylic acids is 1. The standard InChI is InChI=1S/C16H25ClN4O2S/c1-5-6-20(4)14-7-13(17)18-16(19-14)24-10-15(22)21-8-11(2)23-12(3)9-21/h7,11-12H,5-6,8-10H2,1-4H3. The van der Waals surface area contributed by atoms with Crippen LogP contribution in [0.4, 0.5) is 5.82 Å². The van der Waals surface area contributed by atoms with Crippen LogP contribution in [-0.4, -0.2) is 65.4 Å². The van der Waals surface area contributed by atoms with Crippen molar-refractivity contribution in [3.63, 3.8) is 0 Å². The van der Waals surface area contributed by atoms with Crippen molar-refractivity contribution < 1.29 is 9.53 Å². The summed E-state index contributed by atoms with van der Waals surface area (Å²) in [6.45, 7) is 8.23. The van der Waals surface area contributed by atoms with E-state index in [1.165, 1.54) is 11.8 Å². The van der Waals surface area contributed by atoms with Gasteiger partial charge in [-0.3, -0.25) is 4.79 Å². The predicted octanol–water partition coefficient (Wildman–Crippen LogP) is 2.70. The van der Waals surface area contributed by atoms with Gasteiger partial charge in [0.15, 0.2) is 5.16 Å². The van der Waals surface area contributed by atoms with Crippen molar-refractivity contribution in [1.82, 2.24) is 14.9 Å². The molecule has 0 N–H and O–H groups in total. The summed E-state index contributed by atoms with van der Waals surface area (Å²) in [5.41, 5.74) is 0. The average molecular weight is 373 g/mol. The van der Waals surface area contributed by atoms with Gasteiger partial charge in [-0.1, -0.05) is 30.3 Å². The maximum atomic E-state index is 12.4. The van der Waals surface area contributed by atoms with Crippen molar-refractivity contribution in [3.8, 4) is 0 Å². The molecule has 1 aliphatic rings. The Kier molecular flexibility index (Phi) is 7.13. The highest BCUT2D eigenvalue weighted by Gasteiger charge is 2.25. The number of carbonyl (C=O) groups is 1. The zero-order valence-electron chi connectivity index (χ0n) is 14.7. The Morgan fingerprint density at radius 2 is 2.08 bits per heavy atom. The minimum atomic E-state index is 0.0689. The smallest absolute Gasteiger partial charge is 0.233 e. The summed E-state index contributed by atoms with van der Waals surface area (Å²) >= 11 is 7.42. The Morgan fingerprint density at radius 3 is 2.71 bits per heavy atom. The van der Waals surface area contributed by atoms with Gasteiger partial charge in [0.1, 0.15) is 11.0 Å². The van der Waals surface area contributed by atoms with Crippen molar-refractivity contribution >= 4 is 35.1 Å². The summed E-state index contributed by atoms with van der Waals surface area (Å²) in [4.78, 5) is 25.0. The van der Waals surface area contributed by atoms with E-state index < -0.39 is 0 Å². The normalized spacial score (nSPS) is 21.0. The zero-order chi connectivity index (χ0) is 17.7. The first-order valence-corrected chi connectivity index (χ1v) is 9.57. The summed E-state index contributed by atoms with van der Waals surface area (Å²) in [5.74, 6) is 1.16. The molecule has 0 saturated carbocycles. The van der Waals surface area contributed by atoms with E-state index in [0.717, 1.165) is 18.8 Å². The van der Waals surface area contributed by atoms with E-state index in [2.05, 4.69) is 16.9 Å². The molecule has 0 radical (unpaired) electrons. The summed E-state index contributed by atoms with van der Waals surface area (Å²) in [6, 6.07) is 1.74. The highest BCUT2D eigenvalue weighted by atomic mass is 35.5. The second-order valence-electron chi connectivity index (χ2n) is 6.10. The Balaban J connectivity index is 1.97. The number of nitrogens with zero attached hydrogens (tertiary/aromatic N) is 4. The van der Waals surface area contributed by atoms with Gasteiger partial charge in [0.25, 0.3) is 0 Å². The fraction of sp³-hybridized carbons (Fsp3) is 0.688. The molecule has 1 amide bonds. The number of hydrogen-bond acceptors (Lipinski definition) is 6. The highest BCUT2D eigenvalue weighted by molar-refractivity contribution is 7.99. The Labute approximate surface area is 152 Å². The van der Waals surface area contributed by atoms with Crippen LogP contribution >= 0.6 is 23.4 Å². The number of anilines is 1. The molecule has 1 fully saturated rings. The Hall–Kier alpha value is -1.05. The quantitative estimate of drug-likeness (QED) is 0.434. The first-order valence-electron chi connectivity index (χ1n) is 8.20. The van der Waals surface area contributed by atoms with Gasteiger partial charge in [-0.15, -0.1) is 0 Å². The van der Waals surface area contributed by atoms with E-state index in [1.54, 1.807) is 6.07 Å². The average Bonchev–Trinajstić information content (AvgIpc) is 2.51. The number of morpholine rings is 1. The number of aromatic nitrogens is 2. The second-order valence-corrected chi connectivity index (χ2v) is 7.43. The largest absolute Gasteiger partial charge is 0.372 e. The van der Waals surface area contributed by atoms with Gasteiger partial charge < -0.3 is 14.5 Å². The van der Waals surface area contributed by atoms with Crippen LogP contribution < -0.4 is 4.90 Å². The zero-order valence-corrected chi connectivity index (χ0v) is 16.2. The summed E-state index contributed by atoms with van der Waals surface area (Å²) in [6.07, 6.45) is 1.16. The van der Waals surface area contributed by atoms with Gasteiger partial charge in [0, 0.05) is 32.7 Å². The van der Waals surface area contributed by atoms with Gasteiger partial charge in [-0.2, -0.15) is 0 Å². The van der Waals surface area contributed by atoms with Crippen LogP contribution in [0.3, 0.4) is 0 Å². The third-order valence-corrected chi connectivity index (χ3v) is 4.73. The molecule has 134 valence electrons. The number of halogens is 1. The minimum Gasteiger partial charge on any atom is -0.372 e. The third-order valence-electron chi connectivity index (χ3n) is 3.71. The lowest BCUT2D eigenvalue weighted by atomic mass is 10.2. The highest BCUT2D eigenvalue weighted by Crippen LogP contribution is 2.22. The van der Waals surface area contributed by atoms with E-state index in [1.807, 2.05) is 30.7 Å². The monoisotopic (exact) mass is 372 g/mol. The summed E-state index contributed by atoms with van der Waals surface area (Å²) in [5, 5.41) is 0.926. The molecule has 2 atom stereocenters. The second kappa shape index (κ2) is 8.87. The molecule has 0 bridgehead atoms. The predicted molar refractivity (Wildman–Crippen MR) is 97.9 cm³/mol. The molecule has 24 heavy (non-hydrogen) atoms. The molecular weight excluding hydrogens is 348 g/mol. The lowest BCUT2D eigenvalue weighted by Gasteiger charge is -2.35. The van der Waals surface area contributed by atoms with Crippen molar-refractivity contribution in [2.45, 2.75) is 44.6 Å². The van der Waals surface area contributed by atoms with Gasteiger partial charge in [-0.05, 0) is 20.3 Å². The molecule has 1 aromatic rings. The summed E-state index contributed by atoms with van der Waals surface area (Å²) in [7, 11) is 1.97. The molecule has 2 heterocycles. The topological polar surface area (TPSA) is 58.6 Å². The van der Waals surface area contributed by atoms with E-state index in [-0.39, 0.29) is 18.1 Å². The molecular formula is C16H25ClN4O2S. The lowest BCUT2D eigenvalue weighted by molar-refractivity contribution is -0.140. The number of ether oxygens (including phenoxy) is 1. The van der Waals surface area contributed by atoms with Crippen molar-refractivity contribution in [2.75, 3.05) is 37.3 Å². The van der Waals surface area contributed by atoms with Crippen molar-refractivity contribution in [2.24, 2.45) is 0 Å².